The number of anilines is 2. The summed E-state index contributed by atoms with van der Waals surface area (Å²) in [4.78, 5) is 10.9. The predicted octanol–water partition coefficient (Wildman–Crippen LogP) is 4.81. The normalized spacial score (nSPS) is 16.5. The second kappa shape index (κ2) is 6.78. The van der Waals surface area contributed by atoms with Gasteiger partial charge in [0.05, 0.1) is 5.70 Å². The number of carbonyl (C=O) groups excluding carboxylic acids is 1. The van der Waals surface area contributed by atoms with Gasteiger partial charge < -0.3 is 15.8 Å². The van der Waals surface area contributed by atoms with E-state index in [0.29, 0.717) is 23.5 Å². The first-order chi connectivity index (χ1) is 11.5. The van der Waals surface area contributed by atoms with Gasteiger partial charge in [-0.2, -0.15) is 0 Å². The van der Waals surface area contributed by atoms with Crippen molar-refractivity contribution in [2.75, 3.05) is 10.6 Å². The number of fused-ring (bicyclic) bond motifs is 1. The summed E-state index contributed by atoms with van der Waals surface area (Å²) in [6.45, 7) is 1.91. The van der Waals surface area contributed by atoms with Crippen LogP contribution in [0.5, 0.6) is 0 Å². The van der Waals surface area contributed by atoms with Gasteiger partial charge in [-0.25, -0.2) is 0 Å². The zero-order valence-electron chi connectivity index (χ0n) is 12.6. The van der Waals surface area contributed by atoms with E-state index in [-0.39, 0.29) is 0 Å². The summed E-state index contributed by atoms with van der Waals surface area (Å²) in [6.07, 6.45) is 0.637. The van der Waals surface area contributed by atoms with E-state index in [4.69, 9.17) is 0 Å². The number of halogens is 2. The molecule has 1 heterocycles. The number of oxime groups is 1. The molecule has 1 amide bonds. The van der Waals surface area contributed by atoms with Gasteiger partial charge in [0, 0.05) is 31.4 Å². The maximum atomic E-state index is 10.9. The lowest BCUT2D eigenvalue weighted by atomic mass is 10.0. The lowest BCUT2D eigenvalue weighted by Gasteiger charge is -2.13. The standard InChI is InChI=1S/C17H13Br2N3O2/c1-9(12-4-2-10(18)6-14(12)20-8-23)16-17(22-24)13-5-3-11(19)7-15(13)21-16/h2-8,21,24H,1H3,(H,20,23)/b16-9+,22-17+. The Morgan fingerprint density at radius 2 is 1.92 bits per heavy atom. The predicted molar refractivity (Wildman–Crippen MR) is 103 cm³/mol. The van der Waals surface area contributed by atoms with Gasteiger partial charge in [-0.3, -0.25) is 4.79 Å². The zero-order chi connectivity index (χ0) is 17.3. The van der Waals surface area contributed by atoms with Crippen molar-refractivity contribution >= 4 is 60.9 Å². The van der Waals surface area contributed by atoms with Crippen molar-refractivity contribution in [3.8, 4) is 0 Å². The highest BCUT2D eigenvalue weighted by Crippen LogP contribution is 2.36. The molecule has 1 aliphatic rings. The number of hydrogen-bond donors (Lipinski definition) is 3. The van der Waals surface area contributed by atoms with E-state index in [1.54, 1.807) is 0 Å². The molecule has 1 aliphatic heterocycles. The van der Waals surface area contributed by atoms with E-state index in [2.05, 4.69) is 47.6 Å². The SMILES string of the molecule is C/C(=C1\Nc2cc(Br)ccc2\C1=N/O)c1ccc(Br)cc1NC=O. The van der Waals surface area contributed by atoms with E-state index < -0.39 is 0 Å². The average Bonchev–Trinajstić information content (AvgIpc) is 2.92. The smallest absolute Gasteiger partial charge is 0.211 e. The van der Waals surface area contributed by atoms with Gasteiger partial charge in [0.1, 0.15) is 5.71 Å². The third kappa shape index (κ3) is 2.97. The Bertz CT molecular complexity index is 891. The summed E-state index contributed by atoms with van der Waals surface area (Å²) in [5, 5.41) is 18.9. The molecule has 0 spiro atoms. The number of benzene rings is 2. The molecule has 3 N–H and O–H groups in total. The summed E-state index contributed by atoms with van der Waals surface area (Å²) in [5.41, 5.74) is 5.19. The second-order valence-electron chi connectivity index (χ2n) is 5.22. The second-order valence-corrected chi connectivity index (χ2v) is 7.05. The van der Waals surface area contributed by atoms with Crippen molar-refractivity contribution in [3.63, 3.8) is 0 Å². The van der Waals surface area contributed by atoms with E-state index >= 15 is 0 Å². The van der Waals surface area contributed by atoms with Crippen LogP contribution in [0.15, 0.2) is 56.2 Å². The highest BCUT2D eigenvalue weighted by atomic mass is 79.9. The average molecular weight is 451 g/mol. The number of rotatable bonds is 3. The first-order valence-corrected chi connectivity index (χ1v) is 8.64. The number of hydrogen-bond acceptors (Lipinski definition) is 4. The van der Waals surface area contributed by atoms with Crippen LogP contribution in [0.25, 0.3) is 5.57 Å². The molecular formula is C17H13Br2N3O2. The number of nitrogens with one attached hydrogen (secondary N) is 2. The highest BCUT2D eigenvalue weighted by molar-refractivity contribution is 9.10. The fourth-order valence-electron chi connectivity index (χ4n) is 2.69. The number of nitrogens with zero attached hydrogens (tertiary/aromatic N) is 1. The Labute approximate surface area is 155 Å². The van der Waals surface area contributed by atoms with Gasteiger partial charge in [0.25, 0.3) is 0 Å². The Balaban J connectivity index is 2.15. The third-order valence-corrected chi connectivity index (χ3v) is 4.79. The van der Waals surface area contributed by atoms with Gasteiger partial charge in [-0.1, -0.05) is 43.1 Å². The summed E-state index contributed by atoms with van der Waals surface area (Å²) in [6, 6.07) is 11.3. The van der Waals surface area contributed by atoms with Gasteiger partial charge in [0.15, 0.2) is 0 Å². The quantitative estimate of drug-likeness (QED) is 0.356. The van der Waals surface area contributed by atoms with Crippen LogP contribution in [-0.4, -0.2) is 17.3 Å². The molecular weight excluding hydrogens is 438 g/mol. The first-order valence-electron chi connectivity index (χ1n) is 7.05. The molecule has 0 radical (unpaired) electrons. The van der Waals surface area contributed by atoms with E-state index in [1.807, 2.05) is 43.3 Å². The summed E-state index contributed by atoms with van der Waals surface area (Å²) < 4.78 is 1.79. The minimum absolute atomic E-state index is 0.468. The Morgan fingerprint density at radius 1 is 1.21 bits per heavy atom. The molecule has 0 atom stereocenters. The maximum Gasteiger partial charge on any atom is 0.211 e. The van der Waals surface area contributed by atoms with E-state index in [9.17, 15) is 10.0 Å². The van der Waals surface area contributed by atoms with Gasteiger partial charge in [-0.05, 0) is 42.8 Å². The molecule has 122 valence electrons. The fourth-order valence-corrected chi connectivity index (χ4v) is 3.41. The van der Waals surface area contributed by atoms with Crippen LogP contribution < -0.4 is 10.6 Å². The van der Waals surface area contributed by atoms with Crippen LogP contribution in [0.2, 0.25) is 0 Å². The summed E-state index contributed by atoms with van der Waals surface area (Å²) in [5.74, 6) is 0. The summed E-state index contributed by atoms with van der Waals surface area (Å²) in [7, 11) is 0. The first kappa shape index (κ1) is 16.7. The van der Waals surface area contributed by atoms with Crippen LogP contribution in [0.3, 0.4) is 0 Å². The van der Waals surface area contributed by atoms with Crippen LogP contribution >= 0.6 is 31.9 Å². The molecule has 0 unspecified atom stereocenters. The van der Waals surface area contributed by atoms with E-state index in [1.165, 1.54) is 0 Å². The molecule has 2 aromatic rings. The van der Waals surface area contributed by atoms with Crippen molar-refractivity contribution in [2.24, 2.45) is 5.16 Å². The molecule has 2 aromatic carbocycles. The van der Waals surface area contributed by atoms with E-state index in [0.717, 1.165) is 31.3 Å². The van der Waals surface area contributed by atoms with Gasteiger partial charge in [-0.15, -0.1) is 0 Å². The van der Waals surface area contributed by atoms with Crippen molar-refractivity contribution in [3.05, 3.63) is 62.2 Å². The number of amides is 1. The molecule has 0 fully saturated rings. The van der Waals surface area contributed by atoms with Crippen molar-refractivity contribution in [1.29, 1.82) is 0 Å². The Morgan fingerprint density at radius 3 is 2.62 bits per heavy atom. The molecule has 0 aromatic heterocycles. The van der Waals surface area contributed by atoms with Crippen LogP contribution in [0.1, 0.15) is 18.1 Å². The highest BCUT2D eigenvalue weighted by Gasteiger charge is 2.26. The minimum Gasteiger partial charge on any atom is -0.410 e. The maximum absolute atomic E-state index is 10.9. The molecule has 0 saturated heterocycles. The van der Waals surface area contributed by atoms with Gasteiger partial charge in [0.2, 0.25) is 6.41 Å². The molecule has 7 heteroatoms. The topological polar surface area (TPSA) is 73.7 Å². The lowest BCUT2D eigenvalue weighted by molar-refractivity contribution is -0.105. The Kier molecular flexibility index (Phi) is 4.73. The van der Waals surface area contributed by atoms with Crippen molar-refractivity contribution in [2.45, 2.75) is 6.92 Å². The number of allylic oxidation sites excluding steroid dienone is 2. The molecule has 0 saturated carbocycles. The largest absolute Gasteiger partial charge is 0.410 e. The van der Waals surface area contributed by atoms with Crippen molar-refractivity contribution < 1.29 is 10.0 Å². The number of carbonyl (C=O) groups is 1. The molecule has 5 nitrogen and oxygen atoms in total. The Hall–Kier alpha value is -2.12. The monoisotopic (exact) mass is 449 g/mol. The van der Waals surface area contributed by atoms with Crippen molar-refractivity contribution in [1.82, 2.24) is 0 Å². The minimum atomic E-state index is 0.468. The van der Waals surface area contributed by atoms with Gasteiger partial charge >= 0.3 is 0 Å². The molecule has 0 aliphatic carbocycles. The third-order valence-electron chi connectivity index (χ3n) is 3.81. The lowest BCUT2D eigenvalue weighted by Crippen LogP contribution is -2.07. The van der Waals surface area contributed by atoms with Crippen LogP contribution in [-0.2, 0) is 4.79 Å². The van der Waals surface area contributed by atoms with Crippen LogP contribution in [0, 0.1) is 0 Å². The molecule has 0 bridgehead atoms. The molecule has 24 heavy (non-hydrogen) atoms. The zero-order valence-corrected chi connectivity index (χ0v) is 15.8. The van der Waals surface area contributed by atoms with Crippen LogP contribution in [0.4, 0.5) is 11.4 Å². The molecule has 3 rings (SSSR count). The fraction of sp³-hybridized carbons (Fsp3) is 0.0588. The summed E-state index contributed by atoms with van der Waals surface area (Å²) >= 11 is 6.84.